The number of hydrogen-bond acceptors (Lipinski definition) is 8. The van der Waals surface area contributed by atoms with Crippen LogP contribution in [0.2, 0.25) is 0 Å². The Bertz CT molecular complexity index is 1890. The molecule has 0 fully saturated rings. The van der Waals surface area contributed by atoms with E-state index < -0.39 is 0 Å². The molecule has 0 aliphatic rings. The molecule has 0 bridgehead atoms. The van der Waals surface area contributed by atoms with Gasteiger partial charge in [0, 0.05) is 63.6 Å². The monoisotopic (exact) mass is 786 g/mol. The molecule has 6 N–H and O–H groups in total. The van der Waals surface area contributed by atoms with Crippen LogP contribution in [0.15, 0.2) is 121 Å². The highest BCUT2D eigenvalue weighted by molar-refractivity contribution is 5.93. The Morgan fingerprint density at radius 2 is 0.655 bits per heavy atom. The van der Waals surface area contributed by atoms with Gasteiger partial charge in [-0.15, -0.1) is 0 Å². The third-order valence-electron chi connectivity index (χ3n) is 8.80. The fraction of sp³-hybridized carbons (Fsp3) is 0.217. The lowest BCUT2D eigenvalue weighted by molar-refractivity contribution is -0.127. The Kier molecular flexibility index (Phi) is 17.9. The lowest BCUT2D eigenvalue weighted by Gasteiger charge is -2.24. The summed E-state index contributed by atoms with van der Waals surface area (Å²) in [5.74, 6) is -0.481. The maximum atomic E-state index is 13.4. The first-order chi connectivity index (χ1) is 28.0. The quantitative estimate of drug-likeness (QED) is 0.0433. The second-order valence-electron chi connectivity index (χ2n) is 13.3. The number of unbranched alkanes of at least 4 members (excludes halogenated alkanes) is 1. The third-order valence-corrected chi connectivity index (χ3v) is 8.80. The number of nitrogens with zero attached hydrogens (tertiary/aromatic N) is 2. The zero-order valence-corrected chi connectivity index (χ0v) is 32.2. The molecular formula is C46H50N4O8. The standard InChI is InChI=1S/C46H50N4O8/c51-39-17-5-35(6-18-39)13-25-43(55)47-29-3-33-49(45(57)27-15-37-9-21-41(53)22-10-37)31-1-2-32-50(46(58)28-16-38-11-23-42(54)24-12-38)34-4-30-48-44(56)26-14-36-7-19-40(52)20-8-36/h5-28,51-54H,1-4,29-34H2,(H,47,55)(H,48,56)/b25-13+,26-14+,27-15+,28-16+. The van der Waals surface area contributed by atoms with E-state index in [-0.39, 0.29) is 46.6 Å². The molecule has 0 atom stereocenters. The molecule has 58 heavy (non-hydrogen) atoms. The van der Waals surface area contributed by atoms with Crippen molar-refractivity contribution in [1.29, 1.82) is 0 Å². The van der Waals surface area contributed by atoms with Crippen LogP contribution in [0.3, 0.4) is 0 Å². The van der Waals surface area contributed by atoms with Crippen molar-refractivity contribution >= 4 is 47.9 Å². The first-order valence-electron chi connectivity index (χ1n) is 19.1. The minimum absolute atomic E-state index is 0.123. The van der Waals surface area contributed by atoms with E-state index in [4.69, 9.17) is 0 Å². The molecule has 0 aliphatic carbocycles. The van der Waals surface area contributed by atoms with Crippen molar-refractivity contribution in [1.82, 2.24) is 20.4 Å². The Labute approximate surface area is 338 Å². The van der Waals surface area contributed by atoms with E-state index >= 15 is 0 Å². The molecule has 0 saturated carbocycles. The molecule has 0 heterocycles. The number of amides is 4. The van der Waals surface area contributed by atoms with Crippen LogP contribution in [0, 0.1) is 0 Å². The van der Waals surface area contributed by atoms with Crippen LogP contribution in [-0.2, 0) is 19.2 Å². The van der Waals surface area contributed by atoms with Crippen molar-refractivity contribution in [2.24, 2.45) is 0 Å². The molecule has 0 saturated heterocycles. The van der Waals surface area contributed by atoms with Gasteiger partial charge in [0.05, 0.1) is 0 Å². The van der Waals surface area contributed by atoms with Gasteiger partial charge in [-0.2, -0.15) is 0 Å². The van der Waals surface area contributed by atoms with E-state index in [1.807, 2.05) is 0 Å². The van der Waals surface area contributed by atoms with Crippen LogP contribution < -0.4 is 10.6 Å². The number of nitrogens with one attached hydrogen (secondary N) is 2. The fourth-order valence-electron chi connectivity index (χ4n) is 5.58. The minimum Gasteiger partial charge on any atom is -0.508 e. The summed E-state index contributed by atoms with van der Waals surface area (Å²) in [5, 5.41) is 43.8. The normalized spacial score (nSPS) is 11.4. The zero-order chi connectivity index (χ0) is 41.5. The average molecular weight is 787 g/mol. The maximum Gasteiger partial charge on any atom is 0.246 e. The molecular weight excluding hydrogens is 737 g/mol. The SMILES string of the molecule is O=C(/C=C/c1ccc(O)cc1)NCCCN(CCCCN(CCCNC(=O)/C=C/c1ccc(O)cc1)C(=O)/C=C/c1ccc(O)cc1)C(=O)/C=C/c1ccc(O)cc1. The molecule has 0 aliphatic heterocycles. The van der Waals surface area contributed by atoms with Crippen molar-refractivity contribution in [3.63, 3.8) is 0 Å². The van der Waals surface area contributed by atoms with Crippen LogP contribution in [0.25, 0.3) is 24.3 Å². The smallest absolute Gasteiger partial charge is 0.246 e. The van der Waals surface area contributed by atoms with E-state index in [1.54, 1.807) is 82.6 Å². The predicted octanol–water partition coefficient (Wildman–Crippen LogP) is 6.11. The lowest BCUT2D eigenvalue weighted by Crippen LogP contribution is -2.36. The van der Waals surface area contributed by atoms with E-state index in [0.717, 1.165) is 22.3 Å². The van der Waals surface area contributed by atoms with E-state index in [0.29, 0.717) is 65.0 Å². The van der Waals surface area contributed by atoms with E-state index in [2.05, 4.69) is 10.6 Å². The van der Waals surface area contributed by atoms with Gasteiger partial charge >= 0.3 is 0 Å². The number of rotatable bonds is 21. The van der Waals surface area contributed by atoms with Crippen molar-refractivity contribution in [2.75, 3.05) is 39.3 Å². The van der Waals surface area contributed by atoms with Crippen molar-refractivity contribution in [3.8, 4) is 23.0 Å². The molecule has 4 aromatic rings. The molecule has 0 unspecified atom stereocenters. The summed E-state index contributed by atoms with van der Waals surface area (Å²) in [6, 6.07) is 25.9. The first-order valence-corrected chi connectivity index (χ1v) is 19.1. The lowest BCUT2D eigenvalue weighted by atomic mass is 10.2. The largest absolute Gasteiger partial charge is 0.508 e. The van der Waals surface area contributed by atoms with Gasteiger partial charge in [0.1, 0.15) is 23.0 Å². The summed E-state index contributed by atoms with van der Waals surface area (Å²) in [7, 11) is 0. The average Bonchev–Trinajstić information content (AvgIpc) is 3.22. The summed E-state index contributed by atoms with van der Waals surface area (Å²) in [5.41, 5.74) is 3.03. The summed E-state index contributed by atoms with van der Waals surface area (Å²) in [4.78, 5) is 55.0. The Morgan fingerprint density at radius 1 is 0.397 bits per heavy atom. The number of aromatic hydroxyl groups is 4. The van der Waals surface area contributed by atoms with Gasteiger partial charge in [0.25, 0.3) is 0 Å². The van der Waals surface area contributed by atoms with Gasteiger partial charge in [-0.1, -0.05) is 48.5 Å². The molecule has 4 aromatic carbocycles. The van der Waals surface area contributed by atoms with Crippen molar-refractivity contribution in [3.05, 3.63) is 144 Å². The number of phenols is 4. The van der Waals surface area contributed by atoms with Gasteiger partial charge in [-0.25, -0.2) is 0 Å². The van der Waals surface area contributed by atoms with Crippen LogP contribution in [0.4, 0.5) is 0 Å². The fourth-order valence-corrected chi connectivity index (χ4v) is 5.58. The van der Waals surface area contributed by atoms with Gasteiger partial charge in [-0.05, 0) is 121 Å². The highest BCUT2D eigenvalue weighted by Crippen LogP contribution is 2.14. The van der Waals surface area contributed by atoms with E-state index in [1.165, 1.54) is 72.8 Å². The maximum absolute atomic E-state index is 13.4. The second kappa shape index (κ2) is 23.8. The van der Waals surface area contributed by atoms with Crippen molar-refractivity contribution < 1.29 is 39.6 Å². The van der Waals surface area contributed by atoms with Gasteiger partial charge in [0.15, 0.2) is 0 Å². The van der Waals surface area contributed by atoms with Crippen molar-refractivity contribution in [2.45, 2.75) is 25.7 Å². The Hall–Kier alpha value is -7.08. The zero-order valence-electron chi connectivity index (χ0n) is 32.2. The molecule has 302 valence electrons. The highest BCUT2D eigenvalue weighted by atomic mass is 16.3. The molecule has 12 heteroatoms. The Morgan fingerprint density at radius 3 is 0.948 bits per heavy atom. The third kappa shape index (κ3) is 16.7. The second-order valence-corrected chi connectivity index (χ2v) is 13.3. The van der Waals surface area contributed by atoms with Gasteiger partial charge in [-0.3, -0.25) is 19.2 Å². The molecule has 0 radical (unpaired) electrons. The Balaban J connectivity index is 1.32. The van der Waals surface area contributed by atoms with Crippen LogP contribution in [0.1, 0.15) is 47.9 Å². The summed E-state index contributed by atoms with van der Waals surface area (Å²) < 4.78 is 0. The molecule has 12 nitrogen and oxygen atoms in total. The minimum atomic E-state index is -0.285. The van der Waals surface area contributed by atoms with E-state index in [9.17, 15) is 39.6 Å². The van der Waals surface area contributed by atoms with Crippen LogP contribution in [0.5, 0.6) is 23.0 Å². The topological polar surface area (TPSA) is 180 Å². The summed E-state index contributed by atoms with van der Waals surface area (Å²) in [6.45, 7) is 2.23. The summed E-state index contributed by atoms with van der Waals surface area (Å²) >= 11 is 0. The highest BCUT2D eigenvalue weighted by Gasteiger charge is 2.14. The molecule has 4 rings (SSSR count). The first kappa shape index (κ1) is 43.6. The number of phenolic OH excluding ortho intramolecular Hbond substituents is 4. The van der Waals surface area contributed by atoms with Crippen LogP contribution in [-0.4, -0.2) is 93.1 Å². The molecule has 0 spiro atoms. The number of carbonyl (C=O) groups is 4. The summed E-state index contributed by atoms with van der Waals surface area (Å²) in [6.07, 6.45) is 14.6. The number of benzene rings is 4. The van der Waals surface area contributed by atoms with Gasteiger partial charge < -0.3 is 40.9 Å². The number of hydrogen-bond donors (Lipinski definition) is 6. The molecule has 4 amide bonds. The molecule has 0 aromatic heterocycles. The predicted molar refractivity (Wildman–Crippen MR) is 226 cm³/mol. The van der Waals surface area contributed by atoms with Crippen LogP contribution >= 0.6 is 0 Å². The number of carbonyl (C=O) groups excluding carboxylic acids is 4. The van der Waals surface area contributed by atoms with Gasteiger partial charge in [0.2, 0.25) is 23.6 Å².